The fourth-order valence-electron chi connectivity index (χ4n) is 4.77. The van der Waals surface area contributed by atoms with Gasteiger partial charge in [0, 0.05) is 11.4 Å². The summed E-state index contributed by atoms with van der Waals surface area (Å²) in [5, 5.41) is 3.56. The molecule has 1 nitrogen and oxygen atoms in total. The highest BCUT2D eigenvalue weighted by Gasteiger charge is 2.11. The number of benzene rings is 5. The van der Waals surface area contributed by atoms with E-state index in [1.807, 2.05) is 0 Å². The fourth-order valence-corrected chi connectivity index (χ4v) is 4.77. The van der Waals surface area contributed by atoms with Crippen LogP contribution >= 0.6 is 0 Å². The van der Waals surface area contributed by atoms with Gasteiger partial charge >= 0.3 is 0 Å². The summed E-state index contributed by atoms with van der Waals surface area (Å²) < 4.78 is 0. The van der Waals surface area contributed by atoms with E-state index in [9.17, 15) is 0 Å². The highest BCUT2D eigenvalue weighted by molar-refractivity contribution is 5.76. The van der Waals surface area contributed by atoms with Crippen molar-refractivity contribution in [3.8, 4) is 22.3 Å². The summed E-state index contributed by atoms with van der Waals surface area (Å²) in [6.45, 7) is 2.12. The summed E-state index contributed by atoms with van der Waals surface area (Å²) in [5.74, 6) is 0. The third-order valence-corrected chi connectivity index (χ3v) is 7.00. The van der Waals surface area contributed by atoms with Gasteiger partial charge in [-0.15, -0.1) is 0 Å². The Hall–Kier alpha value is -4.36. The first kappa shape index (κ1) is 22.1. The van der Waals surface area contributed by atoms with E-state index in [-0.39, 0.29) is 0 Å². The Morgan fingerprint density at radius 2 is 1.14 bits per heavy atom. The summed E-state index contributed by atoms with van der Waals surface area (Å²) >= 11 is 0. The zero-order chi connectivity index (χ0) is 24.3. The summed E-state index contributed by atoms with van der Waals surface area (Å²) in [7, 11) is 0. The smallest absolute Gasteiger partial charge is 0.0390 e. The van der Waals surface area contributed by atoms with Crippen molar-refractivity contribution in [2.75, 3.05) is 5.32 Å². The Morgan fingerprint density at radius 1 is 0.500 bits per heavy atom. The SMILES string of the molecule is Cc1ccc(-c2ccc(Nc3cccc(-c4cccc(/C=C/c5ccc6c(c5)CC6)c4)c3)cc2)cc1. The molecule has 0 spiro atoms. The van der Waals surface area contributed by atoms with E-state index in [1.54, 1.807) is 0 Å². The van der Waals surface area contributed by atoms with Crippen LogP contribution in [0, 0.1) is 6.92 Å². The van der Waals surface area contributed by atoms with E-state index in [0.29, 0.717) is 0 Å². The third-order valence-electron chi connectivity index (χ3n) is 7.00. The predicted molar refractivity (Wildman–Crippen MR) is 155 cm³/mol. The van der Waals surface area contributed by atoms with E-state index < -0.39 is 0 Å². The summed E-state index contributed by atoms with van der Waals surface area (Å²) in [6, 6.07) is 41.5. The molecule has 174 valence electrons. The van der Waals surface area contributed by atoms with Crippen molar-refractivity contribution in [3.05, 3.63) is 143 Å². The molecule has 0 radical (unpaired) electrons. The minimum absolute atomic E-state index is 1.08. The van der Waals surface area contributed by atoms with Gasteiger partial charge in [-0.25, -0.2) is 0 Å². The molecule has 1 aliphatic carbocycles. The maximum Gasteiger partial charge on any atom is 0.0390 e. The lowest BCUT2D eigenvalue weighted by Gasteiger charge is -2.18. The number of aryl methyl sites for hydroxylation is 3. The molecule has 1 heteroatoms. The number of rotatable bonds is 6. The Kier molecular flexibility index (Phi) is 5.97. The topological polar surface area (TPSA) is 12.0 Å². The molecular formula is C35H29N. The van der Waals surface area contributed by atoms with Gasteiger partial charge in [-0.05, 0) is 94.6 Å². The van der Waals surface area contributed by atoms with Gasteiger partial charge in [0.05, 0.1) is 0 Å². The van der Waals surface area contributed by atoms with Crippen molar-refractivity contribution in [1.82, 2.24) is 0 Å². The number of fused-ring (bicyclic) bond motifs is 1. The standard InChI is InChI=1S/C35H29N/c1-25-8-13-28(14-9-25)29-18-20-34(21-19-29)36-35-7-3-6-32(24-35)31-5-2-4-26(22-31)10-11-27-12-15-30-16-17-33(30)23-27/h2-15,18-24,36H,16-17H2,1H3/b11-10+. The molecule has 0 aromatic heterocycles. The van der Waals surface area contributed by atoms with Crippen LogP contribution in [0.5, 0.6) is 0 Å². The van der Waals surface area contributed by atoms with Gasteiger partial charge in [0.2, 0.25) is 0 Å². The predicted octanol–water partition coefficient (Wildman–Crippen LogP) is 9.34. The number of hydrogen-bond acceptors (Lipinski definition) is 1. The number of anilines is 2. The van der Waals surface area contributed by atoms with Crippen molar-refractivity contribution in [3.63, 3.8) is 0 Å². The molecule has 6 rings (SSSR count). The van der Waals surface area contributed by atoms with E-state index in [2.05, 4.69) is 140 Å². The molecule has 0 fully saturated rings. The lowest BCUT2D eigenvalue weighted by molar-refractivity contribution is 0.839. The molecule has 36 heavy (non-hydrogen) atoms. The molecule has 0 saturated heterocycles. The molecule has 0 bridgehead atoms. The molecule has 1 aliphatic rings. The second-order valence-electron chi connectivity index (χ2n) is 9.64. The van der Waals surface area contributed by atoms with Gasteiger partial charge < -0.3 is 5.32 Å². The first-order valence-corrected chi connectivity index (χ1v) is 12.6. The quantitative estimate of drug-likeness (QED) is 0.247. The zero-order valence-corrected chi connectivity index (χ0v) is 20.5. The lowest BCUT2D eigenvalue weighted by atomic mass is 9.87. The van der Waals surface area contributed by atoms with Gasteiger partial charge in [-0.1, -0.05) is 103 Å². The zero-order valence-electron chi connectivity index (χ0n) is 20.5. The molecule has 5 aromatic rings. The minimum Gasteiger partial charge on any atom is -0.356 e. The van der Waals surface area contributed by atoms with Crippen LogP contribution in [0.2, 0.25) is 0 Å². The molecule has 5 aromatic carbocycles. The van der Waals surface area contributed by atoms with Crippen LogP contribution in [-0.4, -0.2) is 0 Å². The molecule has 0 heterocycles. The van der Waals surface area contributed by atoms with Gasteiger partial charge in [-0.2, -0.15) is 0 Å². The Bertz CT molecular complexity index is 1540. The highest BCUT2D eigenvalue weighted by Crippen LogP contribution is 2.28. The largest absolute Gasteiger partial charge is 0.356 e. The summed E-state index contributed by atoms with van der Waals surface area (Å²) in [4.78, 5) is 0. The monoisotopic (exact) mass is 463 g/mol. The van der Waals surface area contributed by atoms with Crippen LogP contribution in [0.25, 0.3) is 34.4 Å². The fraction of sp³-hybridized carbons (Fsp3) is 0.0857. The van der Waals surface area contributed by atoms with Crippen LogP contribution in [0.15, 0.2) is 115 Å². The Labute approximate surface area is 213 Å². The minimum atomic E-state index is 1.08. The molecular weight excluding hydrogens is 434 g/mol. The number of hydrogen-bond donors (Lipinski definition) is 1. The van der Waals surface area contributed by atoms with E-state index in [4.69, 9.17) is 0 Å². The van der Waals surface area contributed by atoms with Crippen LogP contribution in [0.4, 0.5) is 11.4 Å². The summed E-state index contributed by atoms with van der Waals surface area (Å²) in [6.07, 6.45) is 6.87. The summed E-state index contributed by atoms with van der Waals surface area (Å²) in [5.41, 5.74) is 13.8. The van der Waals surface area contributed by atoms with Crippen molar-refractivity contribution in [2.45, 2.75) is 19.8 Å². The van der Waals surface area contributed by atoms with Crippen LogP contribution < -0.4 is 5.32 Å². The maximum atomic E-state index is 3.56. The highest BCUT2D eigenvalue weighted by atomic mass is 14.9. The van der Waals surface area contributed by atoms with Crippen molar-refractivity contribution in [1.29, 1.82) is 0 Å². The van der Waals surface area contributed by atoms with Gasteiger partial charge in [0.1, 0.15) is 0 Å². The normalized spacial score (nSPS) is 12.2. The second kappa shape index (κ2) is 9.71. The number of nitrogens with one attached hydrogen (secondary N) is 1. The Balaban J connectivity index is 1.17. The molecule has 0 unspecified atom stereocenters. The average Bonchev–Trinajstić information content (AvgIpc) is 2.90. The van der Waals surface area contributed by atoms with Gasteiger partial charge in [0.15, 0.2) is 0 Å². The van der Waals surface area contributed by atoms with Crippen LogP contribution in [-0.2, 0) is 12.8 Å². The van der Waals surface area contributed by atoms with Crippen molar-refractivity contribution >= 4 is 23.5 Å². The molecule has 0 atom stereocenters. The van der Waals surface area contributed by atoms with E-state index in [1.165, 1.54) is 62.9 Å². The van der Waals surface area contributed by atoms with E-state index in [0.717, 1.165) is 11.4 Å². The maximum absolute atomic E-state index is 3.56. The van der Waals surface area contributed by atoms with Gasteiger partial charge in [0.25, 0.3) is 0 Å². The van der Waals surface area contributed by atoms with Gasteiger partial charge in [-0.3, -0.25) is 0 Å². The third kappa shape index (κ3) is 4.87. The van der Waals surface area contributed by atoms with E-state index >= 15 is 0 Å². The molecule has 0 saturated carbocycles. The second-order valence-corrected chi connectivity index (χ2v) is 9.64. The first-order valence-electron chi connectivity index (χ1n) is 12.6. The van der Waals surface area contributed by atoms with Crippen LogP contribution in [0.1, 0.15) is 27.8 Å². The molecule has 1 N–H and O–H groups in total. The molecule has 0 aliphatic heterocycles. The average molecular weight is 464 g/mol. The molecule has 0 amide bonds. The van der Waals surface area contributed by atoms with Crippen molar-refractivity contribution < 1.29 is 0 Å². The Morgan fingerprint density at radius 3 is 1.83 bits per heavy atom. The van der Waals surface area contributed by atoms with Crippen LogP contribution in [0.3, 0.4) is 0 Å². The lowest BCUT2D eigenvalue weighted by Crippen LogP contribution is -2.07. The first-order chi connectivity index (χ1) is 17.7. The van der Waals surface area contributed by atoms with Crippen molar-refractivity contribution in [2.24, 2.45) is 0 Å².